The molecule has 1 N–H and O–H groups in total. The zero-order valence-corrected chi connectivity index (χ0v) is 26.4. The van der Waals surface area contributed by atoms with E-state index in [0.29, 0.717) is 22.3 Å². The van der Waals surface area contributed by atoms with Crippen molar-refractivity contribution in [1.82, 2.24) is 9.29 Å². The van der Waals surface area contributed by atoms with E-state index in [0.717, 1.165) is 6.07 Å². The van der Waals surface area contributed by atoms with Crippen molar-refractivity contribution in [3.63, 3.8) is 0 Å². The lowest BCUT2D eigenvalue weighted by molar-refractivity contribution is 0.103. The van der Waals surface area contributed by atoms with Crippen LogP contribution >= 0.6 is 11.6 Å². The predicted molar refractivity (Wildman–Crippen MR) is 161 cm³/mol. The molecule has 222 valence electrons. The van der Waals surface area contributed by atoms with Gasteiger partial charge in [0.2, 0.25) is 0 Å². The minimum atomic E-state index is -3.42. The van der Waals surface area contributed by atoms with Gasteiger partial charge in [0.05, 0.1) is 23.9 Å². The molecule has 0 bridgehead atoms. The van der Waals surface area contributed by atoms with Crippen LogP contribution in [0.5, 0.6) is 5.75 Å². The van der Waals surface area contributed by atoms with Gasteiger partial charge in [-0.1, -0.05) is 30.7 Å². The second-order valence-corrected chi connectivity index (χ2v) is 15.4. The van der Waals surface area contributed by atoms with E-state index < -0.39 is 43.6 Å². The fourth-order valence-corrected chi connectivity index (χ4v) is 6.02. The van der Waals surface area contributed by atoms with E-state index in [1.807, 2.05) is 20.8 Å². The number of aromatic nitrogens is 1. The second-order valence-electron chi connectivity index (χ2n) is 10.7. The van der Waals surface area contributed by atoms with Crippen LogP contribution in [0, 0.1) is 5.82 Å². The summed E-state index contributed by atoms with van der Waals surface area (Å²) in [4.78, 5) is 26.7. The first-order valence-corrected chi connectivity index (χ1v) is 16.1. The average Bonchev–Trinajstić information content (AvgIpc) is 2.89. The molecule has 1 aromatic heterocycles. The Bertz CT molecular complexity index is 1630. The highest BCUT2D eigenvalue weighted by Gasteiger charge is 2.30. The van der Waals surface area contributed by atoms with E-state index in [4.69, 9.17) is 16.3 Å². The topological polar surface area (TPSA) is 118 Å². The Hall–Kier alpha value is -2.70. The van der Waals surface area contributed by atoms with Crippen LogP contribution in [0.2, 0.25) is 5.02 Å². The van der Waals surface area contributed by atoms with Crippen LogP contribution in [-0.4, -0.2) is 40.9 Å². The van der Waals surface area contributed by atoms with Crippen molar-refractivity contribution in [1.29, 1.82) is 0 Å². The SMILES string of the molecule is CCS(=O)(=O)Cc1ccc(C(=O)c2cc(OC)c(F)cc2Cl)c(-c2cn(C)c(=O)cc2[C@H](C)N[S+]([O-])C(C)(C)C)c1. The van der Waals surface area contributed by atoms with Crippen molar-refractivity contribution in [3.8, 4) is 16.9 Å². The molecule has 0 aliphatic heterocycles. The van der Waals surface area contributed by atoms with Crippen LogP contribution in [0.1, 0.15) is 67.7 Å². The summed E-state index contributed by atoms with van der Waals surface area (Å²) in [6.45, 7) is 8.72. The van der Waals surface area contributed by atoms with Gasteiger partial charge in [0.1, 0.15) is 4.75 Å². The van der Waals surface area contributed by atoms with Crippen LogP contribution in [0.15, 0.2) is 47.4 Å². The largest absolute Gasteiger partial charge is 0.598 e. The molecule has 8 nitrogen and oxygen atoms in total. The number of hydrogen-bond donors (Lipinski definition) is 1. The van der Waals surface area contributed by atoms with Gasteiger partial charge in [-0.2, -0.15) is 0 Å². The molecule has 3 rings (SSSR count). The number of ether oxygens (including phenoxy) is 1. The van der Waals surface area contributed by atoms with Crippen LogP contribution < -0.4 is 15.0 Å². The van der Waals surface area contributed by atoms with E-state index in [2.05, 4.69) is 4.72 Å². The maximum Gasteiger partial charge on any atom is 0.250 e. The molecule has 41 heavy (non-hydrogen) atoms. The van der Waals surface area contributed by atoms with E-state index in [1.165, 1.54) is 35.9 Å². The normalized spacial score (nSPS) is 13.6. The molecular formula is C29H34ClFN2O6S2. The van der Waals surface area contributed by atoms with Gasteiger partial charge >= 0.3 is 0 Å². The molecule has 0 amide bonds. The third-order valence-corrected chi connectivity index (χ3v) is 10.1. The molecule has 0 aliphatic carbocycles. The van der Waals surface area contributed by atoms with Crippen molar-refractivity contribution in [2.75, 3.05) is 12.9 Å². The molecule has 0 fully saturated rings. The third-order valence-electron chi connectivity index (χ3n) is 6.50. The van der Waals surface area contributed by atoms with Crippen molar-refractivity contribution >= 4 is 38.6 Å². The lowest BCUT2D eigenvalue weighted by Gasteiger charge is -2.27. The Morgan fingerprint density at radius 3 is 2.41 bits per heavy atom. The molecule has 1 heterocycles. The van der Waals surface area contributed by atoms with E-state index >= 15 is 0 Å². The average molecular weight is 625 g/mol. The highest BCUT2D eigenvalue weighted by Crippen LogP contribution is 2.35. The van der Waals surface area contributed by atoms with Crippen molar-refractivity contribution in [2.24, 2.45) is 7.05 Å². The first kappa shape index (κ1) is 32.8. The van der Waals surface area contributed by atoms with Crippen molar-refractivity contribution in [2.45, 2.75) is 51.2 Å². The van der Waals surface area contributed by atoms with Crippen LogP contribution in [-0.2, 0) is 34.0 Å². The molecule has 3 aromatic rings. The summed E-state index contributed by atoms with van der Waals surface area (Å²) >= 11 is 4.79. The van der Waals surface area contributed by atoms with Crippen LogP contribution in [0.25, 0.3) is 11.1 Å². The fraction of sp³-hybridized carbons (Fsp3) is 0.379. The molecule has 2 aromatic carbocycles. The summed E-state index contributed by atoms with van der Waals surface area (Å²) in [5, 5.41) is -0.131. The van der Waals surface area contributed by atoms with E-state index in [1.54, 1.807) is 33.2 Å². The summed E-state index contributed by atoms with van der Waals surface area (Å²) in [6, 6.07) is 7.61. The van der Waals surface area contributed by atoms with Gasteiger partial charge in [0.15, 0.2) is 27.2 Å². The standard InChI is InChI=1S/C29H34ClFN2O6S2/c1-8-41(37,38)16-18-9-10-19(28(35)22-12-26(39-7)25(31)14-24(22)30)21(11-18)23-15-33(6)27(34)13-20(23)17(2)32-40(36)29(3,4)5/h9-15,17,32H,8,16H2,1-7H3/t17-,40?/m0/s1. The van der Waals surface area contributed by atoms with Crippen LogP contribution in [0.3, 0.4) is 0 Å². The maximum atomic E-state index is 14.3. The number of nitrogens with zero attached hydrogens (tertiary/aromatic N) is 1. The maximum absolute atomic E-state index is 14.3. The van der Waals surface area contributed by atoms with Crippen LogP contribution in [0.4, 0.5) is 4.39 Å². The Morgan fingerprint density at radius 2 is 1.83 bits per heavy atom. The number of nitrogens with one attached hydrogen (secondary N) is 1. The molecular weight excluding hydrogens is 591 g/mol. The summed E-state index contributed by atoms with van der Waals surface area (Å²) < 4.78 is 60.9. The Morgan fingerprint density at radius 1 is 1.17 bits per heavy atom. The van der Waals surface area contributed by atoms with E-state index in [9.17, 15) is 27.0 Å². The number of ketones is 1. The van der Waals surface area contributed by atoms with Gasteiger partial charge in [-0.3, -0.25) is 9.59 Å². The van der Waals surface area contributed by atoms with Gasteiger partial charge in [-0.05, 0) is 62.6 Å². The summed E-state index contributed by atoms with van der Waals surface area (Å²) in [5.41, 5.74) is 1.45. The first-order valence-electron chi connectivity index (χ1n) is 12.8. The predicted octanol–water partition coefficient (Wildman–Crippen LogP) is 5.13. The number of rotatable bonds is 10. The van der Waals surface area contributed by atoms with Gasteiger partial charge in [-0.25, -0.2) is 12.8 Å². The number of benzene rings is 2. The van der Waals surface area contributed by atoms with Gasteiger partial charge in [0, 0.05) is 53.1 Å². The number of pyridine rings is 1. The molecule has 1 unspecified atom stereocenters. The quantitative estimate of drug-likeness (QED) is 0.245. The molecule has 0 saturated carbocycles. The monoisotopic (exact) mass is 624 g/mol. The lowest BCUT2D eigenvalue weighted by Crippen LogP contribution is -2.41. The van der Waals surface area contributed by atoms with Gasteiger partial charge < -0.3 is 13.9 Å². The summed E-state index contributed by atoms with van der Waals surface area (Å²) in [5.74, 6) is -1.80. The zero-order valence-electron chi connectivity index (χ0n) is 24.0. The number of halogens is 2. The van der Waals surface area contributed by atoms with Gasteiger partial charge in [0.25, 0.3) is 5.56 Å². The molecule has 0 spiro atoms. The fourth-order valence-electron chi connectivity index (χ4n) is 4.09. The molecule has 2 atom stereocenters. The smallest absolute Gasteiger partial charge is 0.250 e. The molecule has 0 radical (unpaired) electrons. The Kier molecular flexibility index (Phi) is 10.1. The van der Waals surface area contributed by atoms with E-state index in [-0.39, 0.29) is 39.0 Å². The zero-order chi connectivity index (χ0) is 30.9. The minimum Gasteiger partial charge on any atom is -0.598 e. The number of aryl methyl sites for hydroxylation is 1. The summed E-state index contributed by atoms with van der Waals surface area (Å²) in [7, 11) is -0.606. The number of sulfone groups is 1. The number of carbonyl (C=O) groups is 1. The highest BCUT2D eigenvalue weighted by molar-refractivity contribution is 7.91. The minimum absolute atomic E-state index is 0.0218. The summed E-state index contributed by atoms with van der Waals surface area (Å²) in [6.07, 6.45) is 1.55. The van der Waals surface area contributed by atoms with Crippen molar-refractivity contribution in [3.05, 3.63) is 86.0 Å². The molecule has 0 aliphatic rings. The lowest BCUT2D eigenvalue weighted by atomic mass is 9.89. The second kappa shape index (κ2) is 12.7. The number of hydrogen-bond acceptors (Lipinski definition) is 7. The first-order chi connectivity index (χ1) is 19.0. The van der Waals surface area contributed by atoms with Crippen molar-refractivity contribution < 1.29 is 26.9 Å². The number of methoxy groups -OCH3 is 1. The van der Waals surface area contributed by atoms with Gasteiger partial charge in [-0.15, -0.1) is 4.72 Å². The molecule has 0 saturated heterocycles. The molecule has 12 heteroatoms. The Labute approximate surface area is 248 Å². The number of carbonyl (C=O) groups excluding carboxylic acids is 1. The highest BCUT2D eigenvalue weighted by atomic mass is 35.5. The third kappa shape index (κ3) is 7.58. The Balaban J connectivity index is 2.32.